The van der Waals surface area contributed by atoms with Crippen molar-refractivity contribution in [1.29, 1.82) is 0 Å². The molecule has 0 aliphatic carbocycles. The highest BCUT2D eigenvalue weighted by molar-refractivity contribution is 5.76. The number of carbonyl (C=O) groups excluding carboxylic acids is 1. The average Bonchev–Trinajstić information content (AvgIpc) is 2.34. The van der Waals surface area contributed by atoms with Crippen LogP contribution in [0.5, 0.6) is 0 Å². The van der Waals surface area contributed by atoms with Crippen molar-refractivity contribution in [3.05, 3.63) is 30.1 Å². The summed E-state index contributed by atoms with van der Waals surface area (Å²) in [7, 11) is 0. The third-order valence-electron chi connectivity index (χ3n) is 2.44. The first-order chi connectivity index (χ1) is 7.77. The Balaban J connectivity index is 2.52. The lowest BCUT2D eigenvalue weighted by Gasteiger charge is -2.14. The topological polar surface area (TPSA) is 68.0 Å². The number of amides is 1. The van der Waals surface area contributed by atoms with Gasteiger partial charge in [-0.1, -0.05) is 13.0 Å². The number of nitrogens with one attached hydrogen (secondary N) is 1. The number of carbonyl (C=O) groups is 1. The fraction of sp³-hybridized carbons (Fsp3) is 0.500. The van der Waals surface area contributed by atoms with Crippen LogP contribution in [0.15, 0.2) is 24.5 Å². The van der Waals surface area contributed by atoms with Crippen molar-refractivity contribution in [3.8, 4) is 0 Å². The first-order valence-corrected chi connectivity index (χ1v) is 5.64. The van der Waals surface area contributed by atoms with Gasteiger partial charge in [0.1, 0.15) is 0 Å². The van der Waals surface area contributed by atoms with Crippen LogP contribution in [-0.4, -0.2) is 24.0 Å². The van der Waals surface area contributed by atoms with E-state index in [2.05, 4.69) is 10.3 Å². The van der Waals surface area contributed by atoms with Crippen LogP contribution in [0.1, 0.15) is 31.2 Å². The predicted molar refractivity (Wildman–Crippen MR) is 64.0 cm³/mol. The van der Waals surface area contributed by atoms with Crippen LogP contribution in [0, 0.1) is 0 Å². The van der Waals surface area contributed by atoms with Crippen LogP contribution < -0.4 is 11.1 Å². The lowest BCUT2D eigenvalue weighted by molar-refractivity contribution is -0.121. The highest BCUT2D eigenvalue weighted by atomic mass is 16.1. The van der Waals surface area contributed by atoms with E-state index in [1.807, 2.05) is 19.1 Å². The molecule has 1 aromatic rings. The molecule has 0 bridgehead atoms. The zero-order chi connectivity index (χ0) is 11.8. The fourth-order valence-electron chi connectivity index (χ4n) is 1.52. The van der Waals surface area contributed by atoms with Crippen molar-refractivity contribution in [2.75, 3.05) is 13.1 Å². The molecule has 16 heavy (non-hydrogen) atoms. The van der Waals surface area contributed by atoms with Gasteiger partial charge in [-0.25, -0.2) is 0 Å². The van der Waals surface area contributed by atoms with E-state index in [-0.39, 0.29) is 11.8 Å². The Hall–Kier alpha value is -1.42. The minimum Gasteiger partial charge on any atom is -0.356 e. The van der Waals surface area contributed by atoms with Gasteiger partial charge in [-0.05, 0) is 24.6 Å². The van der Waals surface area contributed by atoms with Gasteiger partial charge in [0.15, 0.2) is 0 Å². The molecule has 1 amide bonds. The first kappa shape index (κ1) is 12.6. The van der Waals surface area contributed by atoms with Crippen molar-refractivity contribution in [2.24, 2.45) is 5.73 Å². The van der Waals surface area contributed by atoms with Crippen LogP contribution in [-0.2, 0) is 4.79 Å². The normalized spacial score (nSPS) is 12.1. The number of hydrogen-bond acceptors (Lipinski definition) is 3. The highest BCUT2D eigenvalue weighted by Gasteiger charge is 2.13. The summed E-state index contributed by atoms with van der Waals surface area (Å²) in [5.74, 6) is 0.117. The van der Waals surface area contributed by atoms with Crippen LogP contribution >= 0.6 is 0 Å². The molecule has 4 heteroatoms. The molecular weight excluding hydrogens is 202 g/mol. The number of rotatable bonds is 6. The fourth-order valence-corrected chi connectivity index (χ4v) is 1.52. The lowest BCUT2D eigenvalue weighted by Crippen LogP contribution is -2.27. The number of nitrogens with zero attached hydrogens (tertiary/aromatic N) is 1. The van der Waals surface area contributed by atoms with Crippen LogP contribution in [0.25, 0.3) is 0 Å². The van der Waals surface area contributed by atoms with Gasteiger partial charge in [0.05, 0.1) is 0 Å². The second-order valence-electron chi connectivity index (χ2n) is 3.77. The summed E-state index contributed by atoms with van der Waals surface area (Å²) in [5.41, 5.74) is 6.70. The van der Waals surface area contributed by atoms with Crippen molar-refractivity contribution in [3.63, 3.8) is 0 Å². The Morgan fingerprint density at radius 2 is 2.44 bits per heavy atom. The molecule has 0 fully saturated rings. The van der Waals surface area contributed by atoms with E-state index in [0.717, 1.165) is 18.5 Å². The quantitative estimate of drug-likeness (QED) is 0.754. The summed E-state index contributed by atoms with van der Waals surface area (Å²) in [5, 5.41) is 2.85. The van der Waals surface area contributed by atoms with Gasteiger partial charge in [-0.15, -0.1) is 0 Å². The third kappa shape index (κ3) is 3.98. The molecule has 4 nitrogen and oxygen atoms in total. The minimum atomic E-state index is 0.0566. The Morgan fingerprint density at radius 1 is 1.62 bits per heavy atom. The molecule has 88 valence electrons. The van der Waals surface area contributed by atoms with Gasteiger partial charge in [-0.3, -0.25) is 9.78 Å². The average molecular weight is 221 g/mol. The maximum absolute atomic E-state index is 11.6. The lowest BCUT2D eigenvalue weighted by atomic mass is 9.97. The van der Waals surface area contributed by atoms with Crippen molar-refractivity contribution >= 4 is 5.91 Å². The Kier molecular flexibility index (Phi) is 5.50. The molecule has 3 N–H and O–H groups in total. The molecule has 1 aromatic heterocycles. The van der Waals surface area contributed by atoms with Crippen molar-refractivity contribution < 1.29 is 4.79 Å². The van der Waals surface area contributed by atoms with Crippen LogP contribution in [0.4, 0.5) is 0 Å². The van der Waals surface area contributed by atoms with E-state index in [1.54, 1.807) is 12.4 Å². The summed E-state index contributed by atoms with van der Waals surface area (Å²) in [4.78, 5) is 15.6. The second-order valence-corrected chi connectivity index (χ2v) is 3.77. The van der Waals surface area contributed by atoms with E-state index < -0.39 is 0 Å². The summed E-state index contributed by atoms with van der Waals surface area (Å²) < 4.78 is 0. The molecule has 0 radical (unpaired) electrons. The standard InChI is InChI=1S/C12H19N3O/c1-2-5-15-12(16)7-11(8-13)10-4-3-6-14-9-10/h3-4,6,9,11H,2,5,7-8,13H2,1H3,(H,15,16). The number of aromatic nitrogens is 1. The molecule has 1 rings (SSSR count). The molecule has 0 saturated carbocycles. The molecule has 0 aromatic carbocycles. The number of nitrogens with two attached hydrogens (primary N) is 1. The molecule has 0 aliphatic heterocycles. The second kappa shape index (κ2) is 6.95. The first-order valence-electron chi connectivity index (χ1n) is 5.64. The van der Waals surface area contributed by atoms with Crippen molar-refractivity contribution in [2.45, 2.75) is 25.7 Å². The van der Waals surface area contributed by atoms with Gasteiger partial charge < -0.3 is 11.1 Å². The van der Waals surface area contributed by atoms with Gasteiger partial charge in [0.25, 0.3) is 0 Å². The van der Waals surface area contributed by atoms with Crippen LogP contribution in [0.3, 0.4) is 0 Å². The van der Waals surface area contributed by atoms with Gasteiger partial charge in [0, 0.05) is 31.3 Å². The molecule has 0 saturated heterocycles. The summed E-state index contributed by atoms with van der Waals surface area (Å²) >= 11 is 0. The smallest absolute Gasteiger partial charge is 0.220 e. The zero-order valence-corrected chi connectivity index (χ0v) is 9.65. The van der Waals surface area contributed by atoms with E-state index in [9.17, 15) is 4.79 Å². The monoisotopic (exact) mass is 221 g/mol. The highest BCUT2D eigenvalue weighted by Crippen LogP contribution is 2.16. The van der Waals surface area contributed by atoms with E-state index in [4.69, 9.17) is 5.73 Å². The number of hydrogen-bond donors (Lipinski definition) is 2. The molecule has 1 heterocycles. The minimum absolute atomic E-state index is 0.0566. The van der Waals surface area contributed by atoms with Gasteiger partial charge >= 0.3 is 0 Å². The van der Waals surface area contributed by atoms with Crippen LogP contribution in [0.2, 0.25) is 0 Å². The molecule has 0 spiro atoms. The van der Waals surface area contributed by atoms with E-state index >= 15 is 0 Å². The van der Waals surface area contributed by atoms with E-state index in [1.165, 1.54) is 0 Å². The molecular formula is C12H19N3O. The Morgan fingerprint density at radius 3 is 3.00 bits per heavy atom. The third-order valence-corrected chi connectivity index (χ3v) is 2.44. The molecule has 1 unspecified atom stereocenters. The van der Waals surface area contributed by atoms with Crippen molar-refractivity contribution in [1.82, 2.24) is 10.3 Å². The maximum atomic E-state index is 11.6. The zero-order valence-electron chi connectivity index (χ0n) is 9.65. The predicted octanol–water partition coefficient (Wildman–Crippen LogP) is 1.04. The largest absolute Gasteiger partial charge is 0.356 e. The Labute approximate surface area is 96.3 Å². The summed E-state index contributed by atoms with van der Waals surface area (Å²) in [6.45, 7) is 3.22. The molecule has 0 aliphatic rings. The summed E-state index contributed by atoms with van der Waals surface area (Å²) in [6, 6.07) is 3.82. The van der Waals surface area contributed by atoms with E-state index in [0.29, 0.717) is 13.0 Å². The SMILES string of the molecule is CCCNC(=O)CC(CN)c1cccnc1. The van der Waals surface area contributed by atoms with Gasteiger partial charge in [-0.2, -0.15) is 0 Å². The Bertz CT molecular complexity index is 313. The molecule has 1 atom stereocenters. The van der Waals surface area contributed by atoms with Gasteiger partial charge in [0.2, 0.25) is 5.91 Å². The maximum Gasteiger partial charge on any atom is 0.220 e. The number of pyridine rings is 1. The summed E-state index contributed by atoms with van der Waals surface area (Å²) in [6.07, 6.45) is 4.87.